The minimum atomic E-state index is -3.84. The van der Waals surface area contributed by atoms with E-state index in [1.165, 1.54) is 4.31 Å². The van der Waals surface area contributed by atoms with Crippen LogP contribution in [0.5, 0.6) is 0 Å². The number of sulfonamides is 1. The average molecular weight is 631 g/mol. The molecule has 0 aromatic heterocycles. The molecule has 0 saturated carbocycles. The molecule has 0 unspecified atom stereocenters. The number of carbonyl (C=O) groups excluding carboxylic acids is 2. The molecular weight excluding hydrogens is 576 g/mol. The molecule has 2 aromatic carbocycles. The molecule has 0 radical (unpaired) electrons. The molecule has 0 aliphatic carbocycles. The molecular formula is C34H54N4O5S. The summed E-state index contributed by atoms with van der Waals surface area (Å²) in [5.41, 5.74) is -1.50. The monoisotopic (exact) mass is 630 g/mol. The average Bonchev–Trinajstić information content (AvgIpc) is 2.89. The van der Waals surface area contributed by atoms with Gasteiger partial charge in [0.2, 0.25) is 15.9 Å². The Morgan fingerprint density at radius 1 is 0.864 bits per heavy atom. The van der Waals surface area contributed by atoms with E-state index in [4.69, 9.17) is 0 Å². The summed E-state index contributed by atoms with van der Waals surface area (Å²) in [5.74, 6) is -0.335. The van der Waals surface area contributed by atoms with Crippen LogP contribution in [0, 0.1) is 5.92 Å². The Balaban J connectivity index is 2.39. The molecule has 0 aliphatic heterocycles. The van der Waals surface area contributed by atoms with Gasteiger partial charge in [0.25, 0.3) is 0 Å². The molecule has 0 saturated heterocycles. The Morgan fingerprint density at radius 3 is 1.91 bits per heavy atom. The van der Waals surface area contributed by atoms with Crippen molar-refractivity contribution in [2.75, 3.05) is 12.3 Å². The fourth-order valence-electron chi connectivity index (χ4n) is 4.99. The molecule has 4 N–H and O–H groups in total. The van der Waals surface area contributed by atoms with Crippen molar-refractivity contribution in [2.24, 2.45) is 5.92 Å². The summed E-state index contributed by atoms with van der Waals surface area (Å²) in [4.78, 5) is 26.8. The van der Waals surface area contributed by atoms with Gasteiger partial charge in [0.1, 0.15) is 0 Å². The Kier molecular flexibility index (Phi) is 13.4. The van der Waals surface area contributed by atoms with Crippen LogP contribution in [-0.2, 0) is 27.7 Å². The molecule has 2 aromatic rings. The fraction of sp³-hybridized carbons (Fsp3) is 0.588. The number of benzene rings is 2. The molecule has 0 fully saturated rings. The van der Waals surface area contributed by atoms with Crippen LogP contribution in [-0.4, -0.2) is 64.9 Å². The summed E-state index contributed by atoms with van der Waals surface area (Å²) in [5, 5.41) is 20.6. The van der Waals surface area contributed by atoms with Gasteiger partial charge in [-0.15, -0.1) is 0 Å². The first-order valence-electron chi connectivity index (χ1n) is 15.5. The van der Waals surface area contributed by atoms with E-state index in [1.807, 2.05) is 81.4 Å². The highest BCUT2D eigenvalue weighted by atomic mass is 32.2. The molecule has 2 rings (SSSR count). The molecule has 0 aliphatic rings. The van der Waals surface area contributed by atoms with Gasteiger partial charge in [-0.1, -0.05) is 80.9 Å². The van der Waals surface area contributed by atoms with Gasteiger partial charge in [-0.3, -0.25) is 4.79 Å². The molecule has 0 bridgehead atoms. The number of hydrogen-bond donors (Lipinski definition) is 4. The van der Waals surface area contributed by atoms with Crippen LogP contribution >= 0.6 is 0 Å². The third kappa shape index (κ3) is 13.0. The number of carbonyl (C=O) groups is 2. The summed E-state index contributed by atoms with van der Waals surface area (Å²) in [6.07, 6.45) is 2.15. The second kappa shape index (κ2) is 15.9. The maximum Gasteiger partial charge on any atom is 0.317 e. The molecule has 9 nitrogen and oxygen atoms in total. The minimum absolute atomic E-state index is 0.150. The second-order valence-electron chi connectivity index (χ2n) is 14.1. The van der Waals surface area contributed by atoms with Crippen molar-refractivity contribution in [3.8, 4) is 0 Å². The van der Waals surface area contributed by atoms with Gasteiger partial charge in [-0.05, 0) is 84.3 Å². The predicted molar refractivity (Wildman–Crippen MR) is 178 cm³/mol. The zero-order valence-corrected chi connectivity index (χ0v) is 28.6. The Hall–Kier alpha value is -2.95. The van der Waals surface area contributed by atoms with Gasteiger partial charge in [0.15, 0.2) is 5.72 Å². The van der Waals surface area contributed by atoms with Gasteiger partial charge in [0, 0.05) is 11.1 Å². The van der Waals surface area contributed by atoms with Crippen LogP contribution in [0.4, 0.5) is 4.79 Å². The number of aryl methyl sites for hydroxylation is 1. The smallest absolute Gasteiger partial charge is 0.317 e. The van der Waals surface area contributed by atoms with Gasteiger partial charge in [-0.2, -0.15) is 4.31 Å². The van der Waals surface area contributed by atoms with Crippen LogP contribution < -0.4 is 16.0 Å². The van der Waals surface area contributed by atoms with E-state index < -0.39 is 51.4 Å². The quantitative estimate of drug-likeness (QED) is 0.206. The van der Waals surface area contributed by atoms with Gasteiger partial charge < -0.3 is 21.1 Å². The first kappa shape index (κ1) is 37.2. The summed E-state index contributed by atoms with van der Waals surface area (Å²) >= 11 is 0. The molecule has 44 heavy (non-hydrogen) atoms. The van der Waals surface area contributed by atoms with E-state index in [2.05, 4.69) is 29.8 Å². The normalized spacial score (nSPS) is 14.6. The van der Waals surface area contributed by atoms with E-state index in [0.29, 0.717) is 18.8 Å². The maximum atomic E-state index is 13.7. The first-order chi connectivity index (χ1) is 20.3. The van der Waals surface area contributed by atoms with Crippen LogP contribution in [0.3, 0.4) is 0 Å². The van der Waals surface area contributed by atoms with Gasteiger partial charge >= 0.3 is 6.03 Å². The Bertz CT molecular complexity index is 1290. The predicted octanol–water partition coefficient (Wildman–Crippen LogP) is 5.00. The topological polar surface area (TPSA) is 128 Å². The Morgan fingerprint density at radius 2 is 1.41 bits per heavy atom. The van der Waals surface area contributed by atoms with E-state index >= 15 is 0 Å². The van der Waals surface area contributed by atoms with Crippen molar-refractivity contribution in [3.63, 3.8) is 0 Å². The Labute approximate surface area is 265 Å². The summed E-state index contributed by atoms with van der Waals surface area (Å²) in [7, 11) is -3.84. The lowest BCUT2D eigenvalue weighted by atomic mass is 9.90. The van der Waals surface area contributed by atoms with Gasteiger partial charge in [0.05, 0.1) is 18.3 Å². The standard InChI is InChI=1S/C34H54N4O5S/c1-26(2)16-15-22-34(41,37-31(40)36-32(3,4)5)29(24-28-19-13-10-14-20-28)35-30(39)25-38(33(6,7)8)44(42,43)23-21-27-17-11-9-12-18-27/h9-14,17-20,26,29,41H,15-16,21-25H2,1-8H3,(H,35,39)(H2,36,37,40)/t29-,34+/m0/s1. The van der Waals surface area contributed by atoms with Crippen molar-refractivity contribution in [1.29, 1.82) is 0 Å². The molecule has 10 heteroatoms. The van der Waals surface area contributed by atoms with Crippen LogP contribution in [0.15, 0.2) is 60.7 Å². The number of nitrogens with zero attached hydrogens (tertiary/aromatic N) is 1. The zero-order valence-electron chi connectivity index (χ0n) is 27.8. The van der Waals surface area contributed by atoms with E-state index in [9.17, 15) is 23.1 Å². The number of aliphatic hydroxyl groups is 1. The molecule has 0 spiro atoms. The third-order valence-corrected chi connectivity index (χ3v) is 9.28. The first-order valence-corrected chi connectivity index (χ1v) is 17.1. The van der Waals surface area contributed by atoms with Crippen molar-refractivity contribution in [1.82, 2.24) is 20.3 Å². The highest BCUT2D eigenvalue weighted by Gasteiger charge is 2.41. The van der Waals surface area contributed by atoms with Crippen LogP contribution in [0.2, 0.25) is 0 Å². The largest absolute Gasteiger partial charge is 0.369 e. The van der Waals surface area contributed by atoms with Crippen molar-refractivity contribution in [3.05, 3.63) is 71.8 Å². The van der Waals surface area contributed by atoms with E-state index in [1.54, 1.807) is 20.8 Å². The van der Waals surface area contributed by atoms with Crippen molar-refractivity contribution < 1.29 is 23.1 Å². The highest BCUT2D eigenvalue weighted by molar-refractivity contribution is 7.89. The lowest BCUT2D eigenvalue weighted by Gasteiger charge is -2.39. The molecule has 3 amide bonds. The molecule has 246 valence electrons. The van der Waals surface area contributed by atoms with Gasteiger partial charge in [-0.25, -0.2) is 13.2 Å². The summed E-state index contributed by atoms with van der Waals surface area (Å²) < 4.78 is 28.4. The lowest BCUT2D eigenvalue weighted by Crippen LogP contribution is -2.66. The second-order valence-corrected chi connectivity index (χ2v) is 16.1. The van der Waals surface area contributed by atoms with Crippen molar-refractivity contribution in [2.45, 2.75) is 110 Å². The van der Waals surface area contributed by atoms with Crippen molar-refractivity contribution >= 4 is 22.0 Å². The van der Waals surface area contributed by atoms with Crippen LogP contribution in [0.25, 0.3) is 0 Å². The summed E-state index contributed by atoms with van der Waals surface area (Å²) in [6.45, 7) is 14.5. The molecule has 0 heterocycles. The number of rotatable bonds is 15. The maximum absolute atomic E-state index is 13.7. The van der Waals surface area contributed by atoms with Crippen LogP contribution in [0.1, 0.15) is 85.8 Å². The number of nitrogens with one attached hydrogen (secondary N) is 3. The zero-order chi connectivity index (χ0) is 33.2. The number of hydrogen-bond acceptors (Lipinski definition) is 5. The molecule has 2 atom stereocenters. The van der Waals surface area contributed by atoms with E-state index in [0.717, 1.165) is 17.5 Å². The highest BCUT2D eigenvalue weighted by Crippen LogP contribution is 2.23. The van der Waals surface area contributed by atoms with E-state index in [-0.39, 0.29) is 18.6 Å². The third-order valence-electron chi connectivity index (χ3n) is 7.21. The fourth-order valence-corrected chi connectivity index (χ4v) is 6.85. The SMILES string of the molecule is CC(C)CCC[C@](O)(NC(=O)NC(C)(C)C)[C@H](Cc1ccccc1)NC(=O)CN(C(C)(C)C)S(=O)(=O)CCc1ccccc1. The summed E-state index contributed by atoms with van der Waals surface area (Å²) in [6, 6.07) is 17.2. The number of amides is 3. The minimum Gasteiger partial charge on any atom is -0.369 e. The number of urea groups is 1. The lowest BCUT2D eigenvalue weighted by molar-refractivity contribution is -0.126.